The maximum atomic E-state index is 12.6. The Hall–Kier alpha value is -1.66. The minimum atomic E-state index is 0.0638. The lowest BCUT2D eigenvalue weighted by molar-refractivity contribution is 0.0302. The molecule has 1 aliphatic carbocycles. The van der Waals surface area contributed by atoms with E-state index in [1.54, 1.807) is 6.20 Å². The van der Waals surface area contributed by atoms with Gasteiger partial charge in [0, 0.05) is 51.5 Å². The van der Waals surface area contributed by atoms with Crippen molar-refractivity contribution in [3.63, 3.8) is 0 Å². The predicted octanol–water partition coefficient (Wildman–Crippen LogP) is 2.50. The number of ether oxygens (including phenoxy) is 1. The average Bonchev–Trinajstić information content (AvgIpc) is 3.55. The summed E-state index contributed by atoms with van der Waals surface area (Å²) in [6, 6.07) is 4.54. The molecule has 3 heterocycles. The van der Waals surface area contributed by atoms with Crippen LogP contribution in [-0.2, 0) is 4.74 Å². The first-order valence-corrected chi connectivity index (χ1v) is 10.9. The lowest BCUT2D eigenvalue weighted by Crippen LogP contribution is -2.45. The molecular formula is C22H34N4O2. The van der Waals surface area contributed by atoms with E-state index >= 15 is 0 Å². The summed E-state index contributed by atoms with van der Waals surface area (Å²) >= 11 is 0. The van der Waals surface area contributed by atoms with Crippen LogP contribution in [0.15, 0.2) is 18.3 Å². The number of morpholine rings is 1. The average molecular weight is 387 g/mol. The van der Waals surface area contributed by atoms with Crippen molar-refractivity contribution in [1.82, 2.24) is 14.8 Å². The minimum absolute atomic E-state index is 0.0638. The van der Waals surface area contributed by atoms with Gasteiger partial charge in [0.1, 0.15) is 5.82 Å². The van der Waals surface area contributed by atoms with Gasteiger partial charge in [0.25, 0.3) is 5.91 Å². The van der Waals surface area contributed by atoms with Gasteiger partial charge in [-0.25, -0.2) is 4.98 Å². The van der Waals surface area contributed by atoms with E-state index in [0.717, 1.165) is 24.8 Å². The molecule has 2 saturated heterocycles. The van der Waals surface area contributed by atoms with Gasteiger partial charge in [0.15, 0.2) is 0 Å². The summed E-state index contributed by atoms with van der Waals surface area (Å²) in [6.45, 7) is 11.8. The second-order valence-corrected chi connectivity index (χ2v) is 8.86. The second-order valence-electron chi connectivity index (χ2n) is 8.86. The van der Waals surface area contributed by atoms with Crippen LogP contribution < -0.4 is 4.90 Å². The highest BCUT2D eigenvalue weighted by atomic mass is 16.5. The molecule has 1 aromatic heterocycles. The summed E-state index contributed by atoms with van der Waals surface area (Å²) in [4.78, 5) is 24.3. The monoisotopic (exact) mass is 386 g/mol. The van der Waals surface area contributed by atoms with E-state index < -0.39 is 0 Å². The molecule has 1 atom stereocenters. The van der Waals surface area contributed by atoms with Crippen LogP contribution in [0.2, 0.25) is 0 Å². The van der Waals surface area contributed by atoms with Gasteiger partial charge in [0.2, 0.25) is 0 Å². The summed E-state index contributed by atoms with van der Waals surface area (Å²) in [5.41, 5.74) is 0.677. The summed E-state index contributed by atoms with van der Waals surface area (Å²) in [5, 5.41) is 0. The molecule has 0 spiro atoms. The van der Waals surface area contributed by atoms with Crippen LogP contribution in [0.5, 0.6) is 0 Å². The lowest BCUT2D eigenvalue weighted by Gasteiger charge is -2.35. The molecule has 6 heteroatoms. The van der Waals surface area contributed by atoms with Gasteiger partial charge in [-0.15, -0.1) is 0 Å². The summed E-state index contributed by atoms with van der Waals surface area (Å²) < 4.78 is 5.34. The molecule has 0 aromatic carbocycles. The molecule has 0 N–H and O–H groups in total. The molecule has 1 amide bonds. The van der Waals surface area contributed by atoms with Crippen molar-refractivity contribution >= 4 is 11.7 Å². The van der Waals surface area contributed by atoms with E-state index in [4.69, 9.17) is 4.74 Å². The Bertz CT molecular complexity index is 653. The first-order valence-electron chi connectivity index (χ1n) is 10.9. The molecule has 6 nitrogen and oxygen atoms in total. The van der Waals surface area contributed by atoms with E-state index in [0.29, 0.717) is 43.8 Å². The van der Waals surface area contributed by atoms with Crippen molar-refractivity contribution in [1.29, 1.82) is 0 Å². The molecule has 0 radical (unpaired) electrons. The molecule has 4 rings (SSSR count). The number of carbonyl (C=O) groups is 1. The summed E-state index contributed by atoms with van der Waals surface area (Å²) in [7, 11) is 0. The van der Waals surface area contributed by atoms with E-state index in [9.17, 15) is 4.79 Å². The van der Waals surface area contributed by atoms with Gasteiger partial charge in [-0.1, -0.05) is 13.8 Å². The van der Waals surface area contributed by atoms with Crippen molar-refractivity contribution in [2.45, 2.75) is 39.2 Å². The number of rotatable bonds is 5. The van der Waals surface area contributed by atoms with Crippen LogP contribution in [0.4, 0.5) is 5.82 Å². The van der Waals surface area contributed by atoms with Crippen molar-refractivity contribution in [3.05, 3.63) is 23.9 Å². The number of aromatic nitrogens is 1. The Balaban J connectivity index is 1.43. The molecular weight excluding hydrogens is 352 g/mol. The predicted molar refractivity (Wildman–Crippen MR) is 111 cm³/mol. The van der Waals surface area contributed by atoms with E-state index in [1.165, 1.54) is 32.4 Å². The van der Waals surface area contributed by atoms with E-state index in [2.05, 4.69) is 28.6 Å². The first-order chi connectivity index (χ1) is 13.6. The van der Waals surface area contributed by atoms with Crippen LogP contribution in [0.3, 0.4) is 0 Å². The molecule has 1 aromatic rings. The van der Waals surface area contributed by atoms with Crippen molar-refractivity contribution in [2.75, 3.05) is 57.4 Å². The SMILES string of the molecule is CC(C)[C@@H]1CN(c2ccc(C(=O)N3CCOCC3)cn2)CCCN1CC1CC1. The van der Waals surface area contributed by atoms with Crippen molar-refractivity contribution < 1.29 is 9.53 Å². The Morgan fingerprint density at radius 2 is 1.96 bits per heavy atom. The van der Waals surface area contributed by atoms with Crippen LogP contribution in [0, 0.1) is 11.8 Å². The fourth-order valence-electron chi connectivity index (χ4n) is 4.41. The number of nitrogens with zero attached hydrogens (tertiary/aromatic N) is 4. The highest BCUT2D eigenvalue weighted by Gasteiger charge is 2.32. The fourth-order valence-corrected chi connectivity index (χ4v) is 4.41. The molecule has 28 heavy (non-hydrogen) atoms. The number of anilines is 1. The maximum absolute atomic E-state index is 12.6. The number of pyridine rings is 1. The normalized spacial score (nSPS) is 24.5. The minimum Gasteiger partial charge on any atom is -0.378 e. The Kier molecular flexibility index (Phi) is 6.16. The van der Waals surface area contributed by atoms with Crippen LogP contribution in [0.1, 0.15) is 43.5 Å². The third-order valence-electron chi connectivity index (χ3n) is 6.33. The zero-order valence-corrected chi connectivity index (χ0v) is 17.3. The Labute approximate surface area is 168 Å². The standard InChI is InChI=1S/C22H34N4O2/c1-17(2)20-16-26(9-3-8-25(20)15-18-4-5-18)21-7-6-19(14-23-21)22(27)24-10-12-28-13-11-24/h6-7,14,17-18,20H,3-5,8-13,15-16H2,1-2H3/t20-/m0/s1. The van der Waals surface area contributed by atoms with Crippen LogP contribution in [0.25, 0.3) is 0 Å². The summed E-state index contributed by atoms with van der Waals surface area (Å²) in [5.74, 6) is 2.62. The Morgan fingerprint density at radius 3 is 2.61 bits per heavy atom. The van der Waals surface area contributed by atoms with Gasteiger partial charge in [-0.05, 0) is 43.2 Å². The van der Waals surface area contributed by atoms with Crippen molar-refractivity contribution in [2.24, 2.45) is 11.8 Å². The smallest absolute Gasteiger partial charge is 0.255 e. The van der Waals surface area contributed by atoms with Gasteiger partial charge in [-0.3, -0.25) is 9.69 Å². The maximum Gasteiger partial charge on any atom is 0.255 e. The molecule has 0 unspecified atom stereocenters. The van der Waals surface area contributed by atoms with E-state index in [-0.39, 0.29) is 5.91 Å². The van der Waals surface area contributed by atoms with Crippen molar-refractivity contribution in [3.8, 4) is 0 Å². The lowest BCUT2D eigenvalue weighted by atomic mass is 10.0. The largest absolute Gasteiger partial charge is 0.378 e. The van der Waals surface area contributed by atoms with Crippen LogP contribution >= 0.6 is 0 Å². The molecule has 2 aliphatic heterocycles. The first kappa shape index (κ1) is 19.6. The van der Waals surface area contributed by atoms with Gasteiger partial charge in [-0.2, -0.15) is 0 Å². The fraction of sp³-hybridized carbons (Fsp3) is 0.727. The molecule has 1 saturated carbocycles. The number of amides is 1. The molecule has 3 aliphatic rings. The zero-order valence-electron chi connectivity index (χ0n) is 17.3. The third-order valence-corrected chi connectivity index (χ3v) is 6.33. The van der Waals surface area contributed by atoms with Gasteiger partial charge in [0.05, 0.1) is 18.8 Å². The molecule has 3 fully saturated rings. The summed E-state index contributed by atoms with van der Waals surface area (Å²) in [6.07, 6.45) is 5.74. The van der Waals surface area contributed by atoms with Gasteiger partial charge < -0.3 is 14.5 Å². The number of carbonyl (C=O) groups excluding carboxylic acids is 1. The molecule has 0 bridgehead atoms. The topological polar surface area (TPSA) is 48.9 Å². The quantitative estimate of drug-likeness (QED) is 0.778. The number of hydrogen-bond acceptors (Lipinski definition) is 5. The Morgan fingerprint density at radius 1 is 1.18 bits per heavy atom. The number of hydrogen-bond donors (Lipinski definition) is 0. The van der Waals surface area contributed by atoms with Gasteiger partial charge >= 0.3 is 0 Å². The second kappa shape index (κ2) is 8.78. The highest BCUT2D eigenvalue weighted by molar-refractivity contribution is 5.94. The third kappa shape index (κ3) is 4.66. The van der Waals surface area contributed by atoms with Crippen LogP contribution in [-0.4, -0.2) is 79.2 Å². The zero-order chi connectivity index (χ0) is 19.5. The molecule has 154 valence electrons. The van der Waals surface area contributed by atoms with E-state index in [1.807, 2.05) is 17.0 Å². The highest BCUT2D eigenvalue weighted by Crippen LogP contribution is 2.32.